The number of pyridine rings is 1. The third-order valence-corrected chi connectivity index (χ3v) is 5.14. The standard InChI is InChI=1S/C24H27N7O/c1-15(18-7-6-8-19-20(24(32)26-5)9-10-27-23(18)19)12-29-22-11-21(30-14-31-22)16(2)13-28-17(3)25-4/h6-11,13-15H,4,12H2,1-3,5H3,(H,26,32)(H,29,30,31)/b16-13+,28-17?/t15-/m1/s1. The molecule has 1 aromatic carbocycles. The van der Waals surface area contributed by atoms with Gasteiger partial charge in [0, 0.05) is 43.4 Å². The maximum Gasteiger partial charge on any atom is 0.251 e. The van der Waals surface area contributed by atoms with Crippen LogP contribution in [0.3, 0.4) is 0 Å². The third kappa shape index (κ3) is 5.21. The number of hydrogen-bond acceptors (Lipinski definition) is 6. The molecule has 1 amide bonds. The van der Waals surface area contributed by atoms with Gasteiger partial charge in [0.25, 0.3) is 5.91 Å². The zero-order valence-electron chi connectivity index (χ0n) is 18.8. The molecule has 2 heterocycles. The van der Waals surface area contributed by atoms with E-state index in [0.29, 0.717) is 17.9 Å². The summed E-state index contributed by atoms with van der Waals surface area (Å²) in [5.41, 5.74) is 4.18. The summed E-state index contributed by atoms with van der Waals surface area (Å²) in [4.78, 5) is 33.4. The molecule has 0 aliphatic rings. The van der Waals surface area contributed by atoms with Crippen molar-refractivity contribution in [2.24, 2.45) is 9.98 Å². The van der Waals surface area contributed by atoms with Crippen molar-refractivity contribution >= 4 is 40.8 Å². The molecule has 0 unspecified atom stereocenters. The monoisotopic (exact) mass is 429 g/mol. The van der Waals surface area contributed by atoms with Crippen molar-refractivity contribution in [3.63, 3.8) is 0 Å². The molecule has 0 saturated carbocycles. The fourth-order valence-corrected chi connectivity index (χ4v) is 3.26. The molecule has 8 heteroatoms. The summed E-state index contributed by atoms with van der Waals surface area (Å²) in [5.74, 6) is 1.32. The van der Waals surface area contributed by atoms with Gasteiger partial charge in [-0.15, -0.1) is 0 Å². The Morgan fingerprint density at radius 2 is 2.03 bits per heavy atom. The minimum Gasteiger partial charge on any atom is -0.369 e. The number of rotatable bonds is 7. The van der Waals surface area contributed by atoms with Gasteiger partial charge in [-0.3, -0.25) is 9.78 Å². The van der Waals surface area contributed by atoms with Crippen LogP contribution in [0.15, 0.2) is 59.0 Å². The van der Waals surface area contributed by atoms with Crippen LogP contribution in [0.4, 0.5) is 5.82 Å². The van der Waals surface area contributed by atoms with E-state index in [-0.39, 0.29) is 11.8 Å². The lowest BCUT2D eigenvalue weighted by Gasteiger charge is -2.16. The fraction of sp³-hybridized carbons (Fsp3) is 0.250. The van der Waals surface area contributed by atoms with Crippen molar-refractivity contribution < 1.29 is 4.79 Å². The topological polar surface area (TPSA) is 105 Å². The quantitative estimate of drug-likeness (QED) is 0.435. The van der Waals surface area contributed by atoms with Crippen LogP contribution in [0.1, 0.15) is 48.3 Å². The van der Waals surface area contributed by atoms with Crippen LogP contribution in [0.5, 0.6) is 0 Å². The molecule has 2 N–H and O–H groups in total. The number of para-hydroxylation sites is 1. The predicted molar refractivity (Wildman–Crippen MR) is 130 cm³/mol. The zero-order chi connectivity index (χ0) is 23.1. The van der Waals surface area contributed by atoms with Crippen LogP contribution in [0, 0.1) is 0 Å². The van der Waals surface area contributed by atoms with E-state index in [1.807, 2.05) is 31.2 Å². The van der Waals surface area contributed by atoms with Crippen molar-refractivity contribution in [1.29, 1.82) is 0 Å². The molecule has 3 rings (SSSR count). The average molecular weight is 430 g/mol. The fourth-order valence-electron chi connectivity index (χ4n) is 3.26. The molecule has 0 saturated heterocycles. The number of aromatic nitrogens is 3. The first-order valence-electron chi connectivity index (χ1n) is 10.3. The second-order valence-corrected chi connectivity index (χ2v) is 7.40. The van der Waals surface area contributed by atoms with Gasteiger partial charge >= 0.3 is 0 Å². The summed E-state index contributed by atoms with van der Waals surface area (Å²) in [6.07, 6.45) is 4.91. The minimum atomic E-state index is -0.124. The van der Waals surface area contributed by atoms with Gasteiger partial charge < -0.3 is 10.6 Å². The number of amides is 1. The van der Waals surface area contributed by atoms with Crippen molar-refractivity contribution in [1.82, 2.24) is 20.3 Å². The highest BCUT2D eigenvalue weighted by atomic mass is 16.1. The Kier molecular flexibility index (Phi) is 7.38. The molecule has 164 valence electrons. The Morgan fingerprint density at radius 3 is 2.78 bits per heavy atom. The van der Waals surface area contributed by atoms with Crippen molar-refractivity contribution in [3.8, 4) is 0 Å². The van der Waals surface area contributed by atoms with Gasteiger partial charge in [0.1, 0.15) is 18.0 Å². The molecule has 3 aromatic rings. The van der Waals surface area contributed by atoms with Gasteiger partial charge in [-0.2, -0.15) is 0 Å². The number of carbonyl (C=O) groups excluding carboxylic acids is 1. The summed E-state index contributed by atoms with van der Waals surface area (Å²) in [6.45, 7) is 9.93. The highest BCUT2D eigenvalue weighted by Crippen LogP contribution is 2.26. The van der Waals surface area contributed by atoms with Crippen molar-refractivity contribution in [2.45, 2.75) is 26.7 Å². The van der Waals surface area contributed by atoms with Gasteiger partial charge in [0.15, 0.2) is 0 Å². The first kappa shape index (κ1) is 22.7. The minimum absolute atomic E-state index is 0.124. The number of allylic oxidation sites excluding steroid dienone is 1. The Morgan fingerprint density at radius 1 is 1.22 bits per heavy atom. The van der Waals surface area contributed by atoms with Crippen LogP contribution in [0.25, 0.3) is 16.5 Å². The van der Waals surface area contributed by atoms with Gasteiger partial charge in [0.2, 0.25) is 0 Å². The first-order chi connectivity index (χ1) is 15.4. The van der Waals surface area contributed by atoms with Crippen LogP contribution < -0.4 is 10.6 Å². The molecule has 0 radical (unpaired) electrons. The van der Waals surface area contributed by atoms with Gasteiger partial charge in [0.05, 0.1) is 16.8 Å². The summed E-state index contributed by atoms with van der Waals surface area (Å²) in [7, 11) is 1.63. The number of nitrogens with one attached hydrogen (secondary N) is 2. The van der Waals surface area contributed by atoms with Gasteiger partial charge in [-0.25, -0.2) is 20.0 Å². The second kappa shape index (κ2) is 10.4. The summed E-state index contributed by atoms with van der Waals surface area (Å²) in [5, 5.41) is 6.90. The molecule has 0 fully saturated rings. The molecule has 0 spiro atoms. The van der Waals surface area contributed by atoms with E-state index in [0.717, 1.165) is 33.6 Å². The Labute approximate surface area is 187 Å². The predicted octanol–water partition coefficient (Wildman–Crippen LogP) is 4.08. The summed E-state index contributed by atoms with van der Waals surface area (Å²) in [6, 6.07) is 9.55. The molecule has 0 bridgehead atoms. The molecule has 1 atom stereocenters. The molecular formula is C24H27N7O. The molecule has 2 aromatic heterocycles. The molecule has 8 nitrogen and oxygen atoms in total. The van der Waals surface area contributed by atoms with E-state index < -0.39 is 0 Å². The van der Waals surface area contributed by atoms with Crippen LogP contribution in [-0.4, -0.2) is 47.0 Å². The van der Waals surface area contributed by atoms with Gasteiger partial charge in [-0.05, 0) is 37.8 Å². The Balaban J connectivity index is 1.79. The second-order valence-electron chi connectivity index (χ2n) is 7.40. The van der Waals surface area contributed by atoms with Crippen LogP contribution >= 0.6 is 0 Å². The zero-order valence-corrected chi connectivity index (χ0v) is 18.8. The summed E-state index contributed by atoms with van der Waals surface area (Å²) < 4.78 is 0. The lowest BCUT2D eigenvalue weighted by atomic mass is 9.96. The van der Waals surface area contributed by atoms with E-state index in [4.69, 9.17) is 0 Å². The van der Waals surface area contributed by atoms with Crippen molar-refractivity contribution in [2.75, 3.05) is 18.9 Å². The number of benzene rings is 1. The van der Waals surface area contributed by atoms with Crippen LogP contribution in [-0.2, 0) is 0 Å². The lowest BCUT2D eigenvalue weighted by molar-refractivity contribution is 0.0964. The SMILES string of the molecule is C=NC(C)=N/C=C(\C)c1cc(NC[C@@H](C)c2cccc3c(C(=O)NC)ccnc23)ncn1. The maximum atomic E-state index is 12.2. The number of hydrogen-bond donors (Lipinski definition) is 2. The number of aliphatic imine (C=N–C) groups is 2. The van der Waals surface area contributed by atoms with E-state index in [1.165, 1.54) is 6.33 Å². The number of amidine groups is 1. The first-order valence-corrected chi connectivity index (χ1v) is 10.3. The Bertz CT molecular complexity index is 1200. The average Bonchev–Trinajstić information content (AvgIpc) is 2.84. The Hall–Kier alpha value is -3.94. The molecule has 0 aliphatic carbocycles. The van der Waals surface area contributed by atoms with E-state index in [2.05, 4.69) is 49.2 Å². The highest BCUT2D eigenvalue weighted by Gasteiger charge is 2.15. The smallest absolute Gasteiger partial charge is 0.251 e. The van der Waals surface area contributed by atoms with Crippen molar-refractivity contribution in [3.05, 3.63) is 65.9 Å². The molecule has 0 aliphatic heterocycles. The van der Waals surface area contributed by atoms with E-state index in [9.17, 15) is 4.79 Å². The number of carbonyl (C=O) groups is 1. The van der Waals surface area contributed by atoms with E-state index in [1.54, 1.807) is 32.4 Å². The number of fused-ring (bicyclic) bond motifs is 1. The highest BCUT2D eigenvalue weighted by molar-refractivity contribution is 6.06. The maximum absolute atomic E-state index is 12.2. The summed E-state index contributed by atoms with van der Waals surface area (Å²) >= 11 is 0. The third-order valence-electron chi connectivity index (χ3n) is 5.14. The van der Waals surface area contributed by atoms with E-state index >= 15 is 0 Å². The van der Waals surface area contributed by atoms with Gasteiger partial charge in [-0.1, -0.05) is 25.1 Å². The lowest BCUT2D eigenvalue weighted by Crippen LogP contribution is -2.18. The largest absolute Gasteiger partial charge is 0.369 e. The normalized spacial score (nSPS) is 13.0. The van der Waals surface area contributed by atoms with Crippen LogP contribution in [0.2, 0.25) is 0 Å². The molecule has 32 heavy (non-hydrogen) atoms. The molecular weight excluding hydrogens is 402 g/mol. The number of nitrogens with zero attached hydrogens (tertiary/aromatic N) is 5. The number of anilines is 1.